The van der Waals surface area contributed by atoms with Gasteiger partial charge in [-0.3, -0.25) is 4.79 Å². The number of piperazine rings is 1. The number of benzene rings is 1. The van der Waals surface area contributed by atoms with E-state index < -0.39 is 0 Å². The number of nitrogens with one attached hydrogen (secondary N) is 2. The number of hydrogen-bond donors (Lipinski definition) is 2. The molecular weight excluding hydrogens is 442 g/mol. The average Bonchev–Trinajstić information content (AvgIpc) is 3.21. The summed E-state index contributed by atoms with van der Waals surface area (Å²) < 4.78 is 7.11. The van der Waals surface area contributed by atoms with Gasteiger partial charge in [-0.15, -0.1) is 0 Å². The zero-order valence-electron chi connectivity index (χ0n) is 20.2. The topological polar surface area (TPSA) is 108 Å². The second kappa shape index (κ2) is 8.89. The van der Waals surface area contributed by atoms with E-state index in [2.05, 4.69) is 45.4 Å². The van der Waals surface area contributed by atoms with Crippen molar-refractivity contribution in [3.63, 3.8) is 0 Å². The van der Waals surface area contributed by atoms with E-state index in [9.17, 15) is 10.1 Å². The third kappa shape index (κ3) is 4.24. The largest absolute Gasteiger partial charge is 0.481 e. The monoisotopic (exact) mass is 469 g/mol. The van der Waals surface area contributed by atoms with Crippen LogP contribution in [0.5, 0.6) is 5.88 Å². The van der Waals surface area contributed by atoms with Gasteiger partial charge < -0.3 is 24.7 Å². The fourth-order valence-electron chi connectivity index (χ4n) is 4.85. The smallest absolute Gasteiger partial charge is 0.257 e. The number of nitriles is 1. The number of amides is 1. The second-order valence-electron chi connectivity index (χ2n) is 9.08. The number of rotatable bonds is 4. The second-order valence-corrected chi connectivity index (χ2v) is 9.08. The van der Waals surface area contributed by atoms with Crippen LogP contribution in [0.2, 0.25) is 0 Å². The molecule has 4 heterocycles. The van der Waals surface area contributed by atoms with E-state index in [1.807, 2.05) is 37.4 Å². The number of methoxy groups -OCH3 is 1. The first kappa shape index (κ1) is 22.6. The van der Waals surface area contributed by atoms with E-state index in [4.69, 9.17) is 4.74 Å². The molecule has 1 saturated heterocycles. The molecule has 2 N–H and O–H groups in total. The number of ether oxygens (including phenoxy) is 1. The number of nitrogens with zero attached hydrogens (tertiary/aromatic N) is 5. The number of anilines is 2. The summed E-state index contributed by atoms with van der Waals surface area (Å²) in [4.78, 5) is 24.8. The molecule has 0 unspecified atom stereocenters. The molecule has 2 atom stereocenters. The van der Waals surface area contributed by atoms with Crippen LogP contribution in [0.25, 0.3) is 16.6 Å². The first-order valence-electron chi connectivity index (χ1n) is 11.6. The lowest BCUT2D eigenvalue weighted by Crippen LogP contribution is -2.54. The van der Waals surface area contributed by atoms with Crippen molar-refractivity contribution >= 4 is 33.8 Å². The quantitative estimate of drug-likeness (QED) is 0.471. The minimum Gasteiger partial charge on any atom is -0.481 e. The zero-order chi connectivity index (χ0) is 24.7. The molecule has 35 heavy (non-hydrogen) atoms. The number of aromatic nitrogens is 3. The fourth-order valence-corrected chi connectivity index (χ4v) is 4.85. The van der Waals surface area contributed by atoms with Crippen molar-refractivity contribution in [2.45, 2.75) is 32.9 Å². The first-order valence-corrected chi connectivity index (χ1v) is 11.6. The van der Waals surface area contributed by atoms with Gasteiger partial charge >= 0.3 is 0 Å². The first-order chi connectivity index (χ1) is 16.9. The Balaban J connectivity index is 1.55. The average molecular weight is 470 g/mol. The Morgan fingerprint density at radius 2 is 1.94 bits per heavy atom. The Labute approximate surface area is 203 Å². The Kier molecular flexibility index (Phi) is 5.75. The number of imidazole rings is 1. The van der Waals surface area contributed by atoms with Gasteiger partial charge in [0.2, 0.25) is 5.88 Å². The predicted octanol–water partition coefficient (Wildman–Crippen LogP) is 3.51. The van der Waals surface area contributed by atoms with Crippen molar-refractivity contribution in [3.8, 4) is 11.9 Å². The summed E-state index contributed by atoms with van der Waals surface area (Å²) in [5, 5.41) is 16.9. The molecule has 3 aromatic heterocycles. The van der Waals surface area contributed by atoms with Gasteiger partial charge in [-0.05, 0) is 45.0 Å². The normalized spacial score (nSPS) is 18.0. The highest BCUT2D eigenvalue weighted by atomic mass is 16.5. The number of hydrogen-bond acceptors (Lipinski definition) is 7. The third-order valence-electron chi connectivity index (χ3n) is 6.21. The minimum absolute atomic E-state index is 0.315. The number of carbonyl (C=O) groups excluding carboxylic acids is 1. The van der Waals surface area contributed by atoms with Gasteiger partial charge in [0.15, 0.2) is 5.65 Å². The van der Waals surface area contributed by atoms with E-state index in [0.29, 0.717) is 45.9 Å². The molecule has 0 saturated carbocycles. The number of carbonyl (C=O) groups is 1. The third-order valence-corrected chi connectivity index (χ3v) is 6.21. The van der Waals surface area contributed by atoms with Crippen LogP contribution in [0.3, 0.4) is 0 Å². The van der Waals surface area contributed by atoms with E-state index in [0.717, 1.165) is 29.9 Å². The lowest BCUT2D eigenvalue weighted by Gasteiger charge is -2.38. The van der Waals surface area contributed by atoms with Crippen LogP contribution in [-0.2, 0) is 0 Å². The molecule has 0 aliphatic carbocycles. The van der Waals surface area contributed by atoms with Gasteiger partial charge in [-0.25, -0.2) is 9.97 Å². The summed E-state index contributed by atoms with van der Waals surface area (Å²) in [5.74, 6) is 0.122. The van der Waals surface area contributed by atoms with Crippen LogP contribution >= 0.6 is 0 Å². The molecule has 0 radical (unpaired) electrons. The molecule has 1 amide bonds. The van der Waals surface area contributed by atoms with Crippen LogP contribution in [0, 0.1) is 18.3 Å². The molecule has 0 bridgehead atoms. The van der Waals surface area contributed by atoms with Crippen molar-refractivity contribution in [1.29, 1.82) is 5.26 Å². The lowest BCUT2D eigenvalue weighted by atomic mass is 10.0. The van der Waals surface area contributed by atoms with Gasteiger partial charge in [-0.2, -0.15) is 5.26 Å². The molecule has 1 aromatic carbocycles. The maximum absolute atomic E-state index is 13.4. The Morgan fingerprint density at radius 3 is 2.66 bits per heavy atom. The molecule has 1 aliphatic heterocycles. The Hall–Kier alpha value is -4.16. The SMILES string of the molecule is COc1ccc2c(N3C[C@@H](C)N[C@H](C)C3)ccc(C(=O)Nc3cc(C#N)c4nc(C)cn4c3)c2n1. The summed E-state index contributed by atoms with van der Waals surface area (Å²) >= 11 is 0. The van der Waals surface area contributed by atoms with Gasteiger partial charge in [0.1, 0.15) is 6.07 Å². The highest BCUT2D eigenvalue weighted by Gasteiger charge is 2.24. The van der Waals surface area contributed by atoms with Gasteiger partial charge in [0.05, 0.1) is 35.1 Å². The summed E-state index contributed by atoms with van der Waals surface area (Å²) in [6, 6.07) is 12.1. The molecule has 9 nitrogen and oxygen atoms in total. The fraction of sp³-hybridized carbons (Fsp3) is 0.308. The van der Waals surface area contributed by atoms with Crippen molar-refractivity contribution in [3.05, 3.63) is 59.5 Å². The van der Waals surface area contributed by atoms with E-state index >= 15 is 0 Å². The Bertz CT molecular complexity index is 1480. The van der Waals surface area contributed by atoms with Crippen molar-refractivity contribution < 1.29 is 9.53 Å². The van der Waals surface area contributed by atoms with Crippen LogP contribution in [0.1, 0.15) is 35.5 Å². The van der Waals surface area contributed by atoms with Crippen molar-refractivity contribution in [2.75, 3.05) is 30.4 Å². The van der Waals surface area contributed by atoms with Crippen LogP contribution < -0.4 is 20.3 Å². The Morgan fingerprint density at radius 1 is 1.17 bits per heavy atom. The van der Waals surface area contributed by atoms with Crippen molar-refractivity contribution in [2.24, 2.45) is 0 Å². The van der Waals surface area contributed by atoms with Crippen LogP contribution in [-0.4, -0.2) is 52.6 Å². The van der Waals surface area contributed by atoms with Gasteiger partial charge in [0.25, 0.3) is 5.91 Å². The summed E-state index contributed by atoms with van der Waals surface area (Å²) in [5.41, 5.74) is 4.27. The maximum Gasteiger partial charge on any atom is 0.257 e. The molecule has 5 rings (SSSR count). The van der Waals surface area contributed by atoms with Crippen LogP contribution in [0.15, 0.2) is 42.7 Å². The predicted molar refractivity (Wildman–Crippen MR) is 135 cm³/mol. The molecule has 9 heteroatoms. The van der Waals surface area contributed by atoms with E-state index in [1.54, 1.807) is 23.8 Å². The van der Waals surface area contributed by atoms with Gasteiger partial charge in [-0.1, -0.05) is 0 Å². The summed E-state index contributed by atoms with van der Waals surface area (Å²) in [6.45, 7) is 7.92. The highest BCUT2D eigenvalue weighted by Crippen LogP contribution is 2.32. The zero-order valence-corrected chi connectivity index (χ0v) is 20.2. The summed E-state index contributed by atoms with van der Waals surface area (Å²) in [6.07, 6.45) is 3.57. The molecule has 0 spiro atoms. The summed E-state index contributed by atoms with van der Waals surface area (Å²) in [7, 11) is 1.56. The van der Waals surface area contributed by atoms with Crippen molar-refractivity contribution in [1.82, 2.24) is 19.7 Å². The maximum atomic E-state index is 13.4. The van der Waals surface area contributed by atoms with E-state index in [1.165, 1.54) is 0 Å². The number of pyridine rings is 2. The lowest BCUT2D eigenvalue weighted by molar-refractivity contribution is 0.102. The van der Waals surface area contributed by atoms with Gasteiger partial charge in [0, 0.05) is 54.7 Å². The molecule has 1 fully saturated rings. The van der Waals surface area contributed by atoms with E-state index in [-0.39, 0.29) is 5.91 Å². The number of fused-ring (bicyclic) bond motifs is 2. The van der Waals surface area contributed by atoms with Crippen LogP contribution in [0.4, 0.5) is 11.4 Å². The molecule has 178 valence electrons. The molecule has 4 aromatic rings. The minimum atomic E-state index is -0.315. The molecular formula is C26H27N7O2. The highest BCUT2D eigenvalue weighted by molar-refractivity contribution is 6.14. The molecule has 1 aliphatic rings. The standard InChI is InChI=1S/C26H27N7O2/c1-15-11-32(12-16(2)28-15)22-7-5-21(24-20(22)6-8-23(31-24)35-4)26(34)30-19-9-18(10-27)25-29-17(3)13-33(25)14-19/h5-9,13-16,28H,11-12H2,1-4H3,(H,30,34)/t15-,16-/m1/s1. The number of aryl methyl sites for hydroxylation is 1.